The Balaban J connectivity index is 0. The summed E-state index contributed by atoms with van der Waals surface area (Å²) in [7, 11) is 0. The molecule has 0 radical (unpaired) electrons. The minimum Gasteiger partial charge on any atom is -0.0996 e. The fourth-order valence-electron chi connectivity index (χ4n) is 0.429. The van der Waals surface area contributed by atoms with Crippen molar-refractivity contribution in [2.45, 2.75) is 40.5 Å². The van der Waals surface area contributed by atoms with E-state index in [-0.39, 0.29) is 0 Å². The molecule has 0 spiro atoms. The minimum absolute atomic E-state index is 1.05. The van der Waals surface area contributed by atoms with E-state index in [0.29, 0.717) is 0 Å². The van der Waals surface area contributed by atoms with Crippen LogP contribution in [0.4, 0.5) is 0 Å². The van der Waals surface area contributed by atoms with E-state index in [2.05, 4.69) is 25.7 Å². The molecule has 0 aliphatic heterocycles. The summed E-state index contributed by atoms with van der Waals surface area (Å²) in [5, 5.41) is 0. The number of hydrogen-bond donors (Lipinski definition) is 0. The Bertz CT molecular complexity index is 88.2. The first-order valence-electron chi connectivity index (χ1n) is 4.09. The van der Waals surface area contributed by atoms with Gasteiger partial charge in [0.2, 0.25) is 0 Å². The van der Waals surface area contributed by atoms with Crippen LogP contribution < -0.4 is 0 Å². The van der Waals surface area contributed by atoms with Gasteiger partial charge in [0.25, 0.3) is 0 Å². The lowest BCUT2D eigenvalue weighted by Crippen LogP contribution is -1.71. The van der Waals surface area contributed by atoms with Crippen molar-refractivity contribution < 1.29 is 0 Å². The molecule has 0 fully saturated rings. The van der Waals surface area contributed by atoms with Crippen LogP contribution in [0.1, 0.15) is 40.5 Å². The Morgan fingerprint density at radius 1 is 1.40 bits per heavy atom. The summed E-state index contributed by atoms with van der Waals surface area (Å²) in [4.78, 5) is 0. The maximum absolute atomic E-state index is 3.86. The Labute approximate surface area is 65.7 Å². The molecule has 0 aliphatic rings. The van der Waals surface area contributed by atoms with Gasteiger partial charge in [-0.05, 0) is 19.8 Å². The summed E-state index contributed by atoms with van der Waals surface area (Å²) in [6, 6.07) is 0. The third-order valence-corrected chi connectivity index (χ3v) is 1.14. The van der Waals surface area contributed by atoms with Gasteiger partial charge in [-0.1, -0.05) is 45.1 Å². The Kier molecular flexibility index (Phi) is 13.8. The second-order valence-corrected chi connectivity index (χ2v) is 1.88. The van der Waals surface area contributed by atoms with Gasteiger partial charge in [0.15, 0.2) is 0 Å². The molecule has 0 aromatic rings. The molecule has 0 heteroatoms. The second kappa shape index (κ2) is 11.3. The van der Waals surface area contributed by atoms with Gasteiger partial charge in [0.1, 0.15) is 0 Å². The molecule has 0 heterocycles. The molecule has 0 aromatic carbocycles. The summed E-state index contributed by atoms with van der Waals surface area (Å²) < 4.78 is 0. The van der Waals surface area contributed by atoms with Crippen molar-refractivity contribution in [3.63, 3.8) is 0 Å². The van der Waals surface area contributed by atoms with Gasteiger partial charge in [-0.15, -0.1) is 0 Å². The van der Waals surface area contributed by atoms with Crippen molar-refractivity contribution in [1.29, 1.82) is 0 Å². The Morgan fingerprint density at radius 2 is 1.90 bits per heavy atom. The van der Waals surface area contributed by atoms with Crippen LogP contribution in [-0.4, -0.2) is 0 Å². The molecule has 60 valence electrons. The molecule has 0 rings (SSSR count). The minimum atomic E-state index is 1.05. The fourth-order valence-corrected chi connectivity index (χ4v) is 0.429. The largest absolute Gasteiger partial charge is 0.0996 e. The normalized spacial score (nSPS) is 8.80. The molecule has 0 bridgehead atoms. The van der Waals surface area contributed by atoms with Crippen molar-refractivity contribution in [2.24, 2.45) is 0 Å². The van der Waals surface area contributed by atoms with Crippen LogP contribution >= 0.6 is 0 Å². The van der Waals surface area contributed by atoms with E-state index in [4.69, 9.17) is 0 Å². The predicted octanol–water partition coefficient (Wildman–Crippen LogP) is 3.95. The Morgan fingerprint density at radius 3 is 2.20 bits per heavy atom. The van der Waals surface area contributed by atoms with Gasteiger partial charge in [-0.3, -0.25) is 0 Å². The zero-order valence-corrected chi connectivity index (χ0v) is 7.78. The van der Waals surface area contributed by atoms with E-state index in [9.17, 15) is 0 Å². The highest BCUT2D eigenvalue weighted by Gasteiger charge is 1.81. The van der Waals surface area contributed by atoms with Crippen LogP contribution in [0.2, 0.25) is 0 Å². The van der Waals surface area contributed by atoms with Crippen molar-refractivity contribution >= 4 is 0 Å². The highest BCUT2D eigenvalue weighted by Crippen LogP contribution is 2.02. The van der Waals surface area contributed by atoms with E-state index in [1.165, 1.54) is 5.57 Å². The van der Waals surface area contributed by atoms with Gasteiger partial charge in [-0.25, -0.2) is 0 Å². The SMILES string of the molecule is C=C(CC)C/C=C\C.CC. The summed E-state index contributed by atoms with van der Waals surface area (Å²) in [5.74, 6) is 0. The molecular weight excluding hydrogens is 120 g/mol. The molecule has 0 atom stereocenters. The lowest BCUT2D eigenvalue weighted by atomic mass is 10.1. The molecule has 0 saturated carbocycles. The quantitative estimate of drug-likeness (QED) is 0.521. The van der Waals surface area contributed by atoms with Crippen LogP contribution in [0.3, 0.4) is 0 Å². The lowest BCUT2D eigenvalue weighted by molar-refractivity contribution is 1.04. The molecule has 0 aromatic heterocycles. The average molecular weight is 140 g/mol. The predicted molar refractivity (Wildman–Crippen MR) is 50.2 cm³/mol. The topological polar surface area (TPSA) is 0 Å². The molecule has 0 N–H and O–H groups in total. The maximum Gasteiger partial charge on any atom is -0.0142 e. The van der Waals surface area contributed by atoms with Crippen molar-refractivity contribution in [2.75, 3.05) is 0 Å². The average Bonchev–Trinajstić information content (AvgIpc) is 2.04. The van der Waals surface area contributed by atoms with Crippen LogP contribution in [0.5, 0.6) is 0 Å². The van der Waals surface area contributed by atoms with Crippen LogP contribution in [-0.2, 0) is 0 Å². The zero-order valence-electron chi connectivity index (χ0n) is 7.78. The highest BCUT2D eigenvalue weighted by atomic mass is 13.9. The monoisotopic (exact) mass is 140 g/mol. The first kappa shape index (κ1) is 12.2. The molecule has 10 heavy (non-hydrogen) atoms. The smallest absolute Gasteiger partial charge is 0.0142 e. The van der Waals surface area contributed by atoms with Crippen LogP contribution in [0.15, 0.2) is 24.3 Å². The second-order valence-electron chi connectivity index (χ2n) is 1.88. The van der Waals surface area contributed by atoms with Gasteiger partial charge < -0.3 is 0 Å². The van der Waals surface area contributed by atoms with Gasteiger partial charge >= 0.3 is 0 Å². The van der Waals surface area contributed by atoms with Gasteiger partial charge in [0.05, 0.1) is 0 Å². The third-order valence-electron chi connectivity index (χ3n) is 1.14. The van der Waals surface area contributed by atoms with Crippen molar-refractivity contribution in [1.82, 2.24) is 0 Å². The number of rotatable bonds is 3. The van der Waals surface area contributed by atoms with Gasteiger partial charge in [-0.2, -0.15) is 0 Å². The number of allylic oxidation sites excluding steroid dienone is 3. The molecule has 0 aliphatic carbocycles. The van der Waals surface area contributed by atoms with E-state index in [1.54, 1.807) is 0 Å². The summed E-state index contributed by atoms with van der Waals surface area (Å²) >= 11 is 0. The zero-order chi connectivity index (χ0) is 8.41. The molecule has 0 amide bonds. The first-order valence-corrected chi connectivity index (χ1v) is 4.09. The first-order chi connectivity index (χ1) is 4.81. The fraction of sp³-hybridized carbons (Fsp3) is 0.600. The van der Waals surface area contributed by atoms with Crippen molar-refractivity contribution in [3.8, 4) is 0 Å². The summed E-state index contributed by atoms with van der Waals surface area (Å²) in [6.07, 6.45) is 6.34. The molecule has 0 nitrogen and oxygen atoms in total. The standard InChI is InChI=1S/C8H14.C2H6/c1-4-6-7-8(3)5-2;1-2/h4,6H,3,5,7H2,1-2H3;1-2H3/b6-4-;. The van der Waals surface area contributed by atoms with Crippen molar-refractivity contribution in [3.05, 3.63) is 24.3 Å². The third kappa shape index (κ3) is 10.5. The van der Waals surface area contributed by atoms with E-state index in [0.717, 1.165) is 12.8 Å². The maximum atomic E-state index is 3.86. The summed E-state index contributed by atoms with van der Waals surface area (Å²) in [5.41, 5.74) is 1.31. The molecule has 0 saturated heterocycles. The lowest BCUT2D eigenvalue weighted by Gasteiger charge is -1.92. The molecule has 0 unspecified atom stereocenters. The number of hydrogen-bond acceptors (Lipinski definition) is 0. The van der Waals surface area contributed by atoms with Crippen LogP contribution in [0, 0.1) is 0 Å². The van der Waals surface area contributed by atoms with Crippen LogP contribution in [0.25, 0.3) is 0 Å². The summed E-state index contributed by atoms with van der Waals surface area (Å²) in [6.45, 7) is 12.0. The van der Waals surface area contributed by atoms with Gasteiger partial charge in [0, 0.05) is 0 Å². The highest BCUT2D eigenvalue weighted by molar-refractivity contribution is 5.00. The Hall–Kier alpha value is -0.520. The van der Waals surface area contributed by atoms with E-state index in [1.807, 2.05) is 20.8 Å². The van der Waals surface area contributed by atoms with E-state index < -0.39 is 0 Å². The van der Waals surface area contributed by atoms with E-state index >= 15 is 0 Å². The molecular formula is C10H20.